The summed E-state index contributed by atoms with van der Waals surface area (Å²) >= 11 is 5.79. The number of hydrogen-bond acceptors (Lipinski definition) is 5. The van der Waals surface area contributed by atoms with Gasteiger partial charge in [-0.15, -0.1) is 0 Å². The van der Waals surface area contributed by atoms with Crippen molar-refractivity contribution in [3.63, 3.8) is 0 Å². The molecule has 0 heterocycles. The fourth-order valence-corrected chi connectivity index (χ4v) is 1.63. The lowest BCUT2D eigenvalue weighted by atomic mass is 10.4. The minimum absolute atomic E-state index is 0.0282. The van der Waals surface area contributed by atoms with Crippen molar-refractivity contribution in [3.05, 3.63) is 10.7 Å². The Morgan fingerprint density at radius 2 is 2.08 bits per heavy atom. The molecule has 0 aliphatic heterocycles. The number of hydrogen-bond donors (Lipinski definition) is 1. The molecule has 0 spiro atoms. The molecule has 3 nitrogen and oxygen atoms in total. The van der Waals surface area contributed by atoms with Crippen LogP contribution in [0.2, 0.25) is 0 Å². The van der Waals surface area contributed by atoms with Crippen LogP contribution in [0.1, 0.15) is 20.8 Å². The van der Waals surface area contributed by atoms with Crippen molar-refractivity contribution in [2.24, 2.45) is 0 Å². The van der Waals surface area contributed by atoms with Crippen molar-refractivity contribution in [3.8, 4) is 0 Å². The second-order valence-electron chi connectivity index (χ2n) is 2.26. The van der Waals surface area contributed by atoms with Gasteiger partial charge in [-0.2, -0.15) is 0 Å². The number of ether oxygens (including phenoxy) is 1. The molecule has 0 aliphatic carbocycles. The fraction of sp³-hybridized carbons (Fsp3) is 0.500. The van der Waals surface area contributed by atoms with Crippen LogP contribution in [0.5, 0.6) is 0 Å². The Kier molecular flexibility index (Phi) is 5.73. The summed E-state index contributed by atoms with van der Waals surface area (Å²) in [5, 5.41) is 9.12. The Labute approximate surface area is 87.2 Å². The summed E-state index contributed by atoms with van der Waals surface area (Å²) in [5.74, 6) is -0.244. The first-order valence-electron chi connectivity index (χ1n) is 3.74. The lowest BCUT2D eigenvalue weighted by molar-refractivity contribution is -0.113. The number of aliphatic hydroxyl groups excluding tert-OH is 1. The molecular formula is C8H12O3S2. The molecule has 0 bridgehead atoms. The Hall–Kier alpha value is -0.550. The second kappa shape index (κ2) is 5.99. The zero-order chi connectivity index (χ0) is 10.4. The molecule has 0 aromatic rings. The molecule has 0 aromatic heterocycles. The van der Waals surface area contributed by atoms with E-state index >= 15 is 0 Å². The molecule has 0 saturated heterocycles. The van der Waals surface area contributed by atoms with E-state index in [1.165, 1.54) is 13.8 Å². The molecule has 74 valence electrons. The molecule has 5 heteroatoms. The van der Waals surface area contributed by atoms with Crippen LogP contribution in [0, 0.1) is 0 Å². The largest absolute Gasteiger partial charge is 0.511 e. The number of allylic oxidation sites excluding steroid dienone is 2. The van der Waals surface area contributed by atoms with Crippen molar-refractivity contribution >= 4 is 34.1 Å². The maximum atomic E-state index is 11.0. The van der Waals surface area contributed by atoms with Gasteiger partial charge in [-0.1, -0.05) is 0 Å². The van der Waals surface area contributed by atoms with Gasteiger partial charge in [-0.25, -0.2) is 0 Å². The van der Waals surface area contributed by atoms with Gasteiger partial charge in [0.2, 0.25) is 4.38 Å². The molecule has 0 aliphatic rings. The Bertz CT molecular complexity index is 242. The Balaban J connectivity index is 4.38. The normalized spacial score (nSPS) is 11.9. The number of aliphatic hydroxyl groups is 1. The molecular weight excluding hydrogens is 208 g/mol. The standard InChI is InChI=1S/C8H12O3S2/c1-4-11-8(12)13-7(5(2)9)6(3)10/h9H,4H2,1-3H3/b7-5+. The predicted molar refractivity (Wildman–Crippen MR) is 57.8 cm³/mol. The molecule has 0 aromatic carbocycles. The maximum Gasteiger partial charge on any atom is 0.225 e. The molecule has 0 fully saturated rings. The number of ketones is 1. The first kappa shape index (κ1) is 12.4. The number of thioether (sulfide) groups is 1. The molecule has 0 unspecified atom stereocenters. The lowest BCUT2D eigenvalue weighted by Crippen LogP contribution is -2.02. The summed E-state index contributed by atoms with van der Waals surface area (Å²) < 4.78 is 5.22. The smallest absolute Gasteiger partial charge is 0.225 e. The summed E-state index contributed by atoms with van der Waals surface area (Å²) in [6, 6.07) is 0. The number of thiocarbonyl (C=S) groups is 1. The van der Waals surface area contributed by atoms with E-state index in [1.54, 1.807) is 6.92 Å². The SMILES string of the molecule is CCOC(=S)S/C(C(C)=O)=C(\C)O. The molecule has 0 radical (unpaired) electrons. The van der Waals surface area contributed by atoms with E-state index in [4.69, 9.17) is 22.1 Å². The van der Waals surface area contributed by atoms with E-state index in [0.29, 0.717) is 6.61 Å². The average Bonchev–Trinajstić information content (AvgIpc) is 1.99. The minimum Gasteiger partial charge on any atom is -0.511 e. The van der Waals surface area contributed by atoms with Crippen LogP contribution < -0.4 is 0 Å². The minimum atomic E-state index is -0.216. The zero-order valence-electron chi connectivity index (χ0n) is 7.79. The van der Waals surface area contributed by atoms with Crippen LogP contribution in [0.4, 0.5) is 0 Å². The van der Waals surface area contributed by atoms with Gasteiger partial charge in [0.15, 0.2) is 5.78 Å². The first-order chi connectivity index (χ1) is 5.99. The lowest BCUT2D eigenvalue weighted by Gasteiger charge is -2.05. The molecule has 1 N–H and O–H groups in total. The molecule has 0 rings (SSSR count). The van der Waals surface area contributed by atoms with Crippen LogP contribution in [-0.4, -0.2) is 21.9 Å². The highest BCUT2D eigenvalue weighted by atomic mass is 32.2. The van der Waals surface area contributed by atoms with Gasteiger partial charge in [0.1, 0.15) is 5.76 Å². The summed E-state index contributed by atoms with van der Waals surface area (Å²) in [5.41, 5.74) is 0. The summed E-state index contributed by atoms with van der Waals surface area (Å²) in [6.45, 7) is 5.08. The van der Waals surface area contributed by atoms with E-state index in [0.717, 1.165) is 11.8 Å². The van der Waals surface area contributed by atoms with Crippen LogP contribution in [0.3, 0.4) is 0 Å². The van der Waals surface area contributed by atoms with Gasteiger partial charge in [0, 0.05) is 0 Å². The monoisotopic (exact) mass is 220 g/mol. The Morgan fingerprint density at radius 3 is 2.38 bits per heavy atom. The van der Waals surface area contributed by atoms with Gasteiger partial charge < -0.3 is 9.84 Å². The second-order valence-corrected chi connectivity index (χ2v) is 3.87. The van der Waals surface area contributed by atoms with Crippen molar-refractivity contribution in [2.45, 2.75) is 20.8 Å². The Morgan fingerprint density at radius 1 is 1.54 bits per heavy atom. The number of carbonyl (C=O) groups excluding carboxylic acids is 1. The topological polar surface area (TPSA) is 46.5 Å². The van der Waals surface area contributed by atoms with E-state index in [2.05, 4.69) is 0 Å². The average molecular weight is 220 g/mol. The first-order valence-corrected chi connectivity index (χ1v) is 4.96. The van der Waals surface area contributed by atoms with E-state index in [1.807, 2.05) is 0 Å². The predicted octanol–water partition coefficient (Wildman–Crippen LogP) is 2.42. The number of Topliss-reactive ketones (excluding diaryl/α,β-unsaturated/α-hetero) is 1. The quantitative estimate of drug-likeness (QED) is 0.449. The highest BCUT2D eigenvalue weighted by Crippen LogP contribution is 2.22. The van der Waals surface area contributed by atoms with Gasteiger partial charge in [0.25, 0.3) is 0 Å². The summed E-state index contributed by atoms with van der Waals surface area (Å²) in [4.78, 5) is 11.2. The van der Waals surface area contributed by atoms with Crippen molar-refractivity contribution in [1.29, 1.82) is 0 Å². The third-order valence-corrected chi connectivity index (χ3v) is 2.54. The maximum absolute atomic E-state index is 11.0. The summed E-state index contributed by atoms with van der Waals surface area (Å²) in [6.07, 6.45) is 0. The van der Waals surface area contributed by atoms with Gasteiger partial charge in [-0.05, 0) is 44.8 Å². The zero-order valence-corrected chi connectivity index (χ0v) is 9.42. The van der Waals surface area contributed by atoms with Crippen LogP contribution in [0.15, 0.2) is 10.7 Å². The molecule has 0 amide bonds. The van der Waals surface area contributed by atoms with Crippen LogP contribution >= 0.6 is 24.0 Å². The van der Waals surface area contributed by atoms with Gasteiger partial charge in [-0.3, -0.25) is 4.79 Å². The number of rotatable bonds is 3. The van der Waals surface area contributed by atoms with E-state index in [9.17, 15) is 4.79 Å². The highest BCUT2D eigenvalue weighted by Gasteiger charge is 2.12. The van der Waals surface area contributed by atoms with Crippen molar-refractivity contribution < 1.29 is 14.6 Å². The van der Waals surface area contributed by atoms with Crippen LogP contribution in [0.25, 0.3) is 0 Å². The van der Waals surface area contributed by atoms with Crippen molar-refractivity contribution in [2.75, 3.05) is 6.61 Å². The molecule has 0 atom stereocenters. The third kappa shape index (κ3) is 4.90. The van der Waals surface area contributed by atoms with Crippen molar-refractivity contribution in [1.82, 2.24) is 0 Å². The molecule has 13 heavy (non-hydrogen) atoms. The highest BCUT2D eigenvalue weighted by molar-refractivity contribution is 8.25. The van der Waals surface area contributed by atoms with E-state index in [-0.39, 0.29) is 20.8 Å². The van der Waals surface area contributed by atoms with Crippen LogP contribution in [-0.2, 0) is 9.53 Å². The molecule has 0 saturated carbocycles. The van der Waals surface area contributed by atoms with Gasteiger partial charge >= 0.3 is 0 Å². The van der Waals surface area contributed by atoms with E-state index < -0.39 is 0 Å². The van der Waals surface area contributed by atoms with Gasteiger partial charge in [0.05, 0.1) is 11.5 Å². The third-order valence-electron chi connectivity index (χ3n) is 1.10. The summed E-state index contributed by atoms with van der Waals surface area (Å²) in [7, 11) is 0. The fourth-order valence-electron chi connectivity index (χ4n) is 0.631. The number of carbonyl (C=O) groups is 1.